The summed E-state index contributed by atoms with van der Waals surface area (Å²) < 4.78 is 7.92. The van der Waals surface area contributed by atoms with Crippen LogP contribution in [0.15, 0.2) is 27.3 Å². The van der Waals surface area contributed by atoms with Gasteiger partial charge in [0.15, 0.2) is 10.4 Å². The minimum Gasteiger partial charge on any atom is -0.448 e. The Morgan fingerprint density at radius 3 is 2.81 bits per heavy atom. The summed E-state index contributed by atoms with van der Waals surface area (Å²) in [5.41, 5.74) is 6.65. The van der Waals surface area contributed by atoms with Crippen molar-refractivity contribution in [1.29, 1.82) is 0 Å². The van der Waals surface area contributed by atoms with Crippen LogP contribution in [0, 0.1) is 5.92 Å². The average molecular weight is 284 g/mol. The average Bonchev–Trinajstić information content (AvgIpc) is 2.74. The van der Waals surface area contributed by atoms with Crippen LogP contribution in [0.25, 0.3) is 11.5 Å². The summed E-state index contributed by atoms with van der Waals surface area (Å²) in [6.45, 7) is 5.07. The van der Waals surface area contributed by atoms with Crippen molar-refractivity contribution in [2.75, 3.05) is 5.73 Å². The molecule has 0 aliphatic rings. The minimum atomic E-state index is 0.512. The van der Waals surface area contributed by atoms with Gasteiger partial charge in [0.25, 0.3) is 0 Å². The summed E-state index contributed by atoms with van der Waals surface area (Å²) in [4.78, 5) is 0. The predicted molar refractivity (Wildman–Crippen MR) is 66.9 cm³/mol. The molecule has 86 valence electrons. The van der Waals surface area contributed by atoms with Crippen LogP contribution in [0.3, 0.4) is 0 Å². The van der Waals surface area contributed by atoms with Crippen molar-refractivity contribution in [2.45, 2.75) is 20.4 Å². The molecule has 0 saturated carbocycles. The standard InChI is InChI=1S/C11H14BrN3O/c1-7(2)6-15-11(13)5-8(14-15)9-3-4-10(12)16-9/h3-5,7H,6,13H2,1-2H3. The van der Waals surface area contributed by atoms with Gasteiger partial charge in [-0.1, -0.05) is 13.8 Å². The maximum Gasteiger partial charge on any atom is 0.169 e. The highest BCUT2D eigenvalue weighted by Crippen LogP contribution is 2.25. The van der Waals surface area contributed by atoms with E-state index in [1.807, 2.05) is 18.2 Å². The van der Waals surface area contributed by atoms with Gasteiger partial charge >= 0.3 is 0 Å². The first kappa shape index (κ1) is 11.3. The Labute approximate surface area is 103 Å². The molecule has 2 aromatic rings. The molecule has 2 aromatic heterocycles. The van der Waals surface area contributed by atoms with Crippen molar-refractivity contribution in [3.63, 3.8) is 0 Å². The molecule has 5 heteroatoms. The lowest BCUT2D eigenvalue weighted by molar-refractivity contribution is 0.486. The van der Waals surface area contributed by atoms with Crippen molar-refractivity contribution in [2.24, 2.45) is 5.92 Å². The molecule has 16 heavy (non-hydrogen) atoms. The summed E-state index contributed by atoms with van der Waals surface area (Å²) in [7, 11) is 0. The summed E-state index contributed by atoms with van der Waals surface area (Å²) >= 11 is 3.26. The zero-order valence-corrected chi connectivity index (χ0v) is 10.9. The zero-order chi connectivity index (χ0) is 11.7. The first-order valence-electron chi connectivity index (χ1n) is 5.15. The van der Waals surface area contributed by atoms with E-state index < -0.39 is 0 Å². The van der Waals surface area contributed by atoms with Gasteiger partial charge in [-0.05, 0) is 34.0 Å². The SMILES string of the molecule is CC(C)Cn1nc(-c2ccc(Br)o2)cc1N. The van der Waals surface area contributed by atoms with Gasteiger partial charge in [-0.25, -0.2) is 4.68 Å². The Kier molecular flexibility index (Phi) is 3.05. The molecular formula is C11H14BrN3O. The van der Waals surface area contributed by atoms with Crippen LogP contribution in [-0.2, 0) is 6.54 Å². The second-order valence-corrected chi connectivity index (χ2v) is 4.92. The van der Waals surface area contributed by atoms with E-state index in [-0.39, 0.29) is 0 Å². The van der Waals surface area contributed by atoms with Gasteiger partial charge < -0.3 is 10.2 Å². The Bertz CT molecular complexity index is 487. The number of furan rings is 1. The Balaban J connectivity index is 2.30. The normalized spacial score (nSPS) is 11.2. The quantitative estimate of drug-likeness (QED) is 0.942. The van der Waals surface area contributed by atoms with Gasteiger partial charge in [0, 0.05) is 12.6 Å². The number of nitrogens with zero attached hydrogens (tertiary/aromatic N) is 2. The number of hydrogen-bond donors (Lipinski definition) is 1. The molecule has 0 unspecified atom stereocenters. The third kappa shape index (κ3) is 2.29. The highest BCUT2D eigenvalue weighted by atomic mass is 79.9. The third-order valence-electron chi connectivity index (χ3n) is 2.17. The van der Waals surface area contributed by atoms with Crippen LogP contribution in [0.2, 0.25) is 0 Å². The van der Waals surface area contributed by atoms with E-state index in [2.05, 4.69) is 34.9 Å². The van der Waals surface area contributed by atoms with Crippen molar-refractivity contribution in [1.82, 2.24) is 9.78 Å². The Morgan fingerprint density at radius 1 is 1.50 bits per heavy atom. The van der Waals surface area contributed by atoms with E-state index in [0.717, 1.165) is 18.0 Å². The largest absolute Gasteiger partial charge is 0.448 e. The number of nitrogens with two attached hydrogens (primary N) is 1. The number of aromatic nitrogens is 2. The molecule has 0 fully saturated rings. The molecule has 4 nitrogen and oxygen atoms in total. The number of anilines is 1. The van der Waals surface area contributed by atoms with E-state index in [4.69, 9.17) is 10.2 Å². The fourth-order valence-electron chi connectivity index (χ4n) is 1.50. The van der Waals surface area contributed by atoms with E-state index in [0.29, 0.717) is 16.4 Å². The predicted octanol–water partition coefficient (Wildman–Crippen LogP) is 3.14. The van der Waals surface area contributed by atoms with Gasteiger partial charge in [-0.3, -0.25) is 0 Å². The van der Waals surface area contributed by atoms with Gasteiger partial charge in [0.1, 0.15) is 11.5 Å². The van der Waals surface area contributed by atoms with Crippen molar-refractivity contribution in [3.05, 3.63) is 22.9 Å². The van der Waals surface area contributed by atoms with E-state index >= 15 is 0 Å². The van der Waals surface area contributed by atoms with Crippen molar-refractivity contribution < 1.29 is 4.42 Å². The molecule has 2 heterocycles. The summed E-state index contributed by atoms with van der Waals surface area (Å²) in [6, 6.07) is 5.53. The molecule has 0 amide bonds. The smallest absolute Gasteiger partial charge is 0.169 e. The molecule has 2 rings (SSSR count). The van der Waals surface area contributed by atoms with Crippen LogP contribution in [0.5, 0.6) is 0 Å². The van der Waals surface area contributed by atoms with E-state index in [9.17, 15) is 0 Å². The number of hydrogen-bond acceptors (Lipinski definition) is 3. The minimum absolute atomic E-state index is 0.512. The zero-order valence-electron chi connectivity index (χ0n) is 9.27. The van der Waals surface area contributed by atoms with Crippen LogP contribution in [-0.4, -0.2) is 9.78 Å². The van der Waals surface area contributed by atoms with Crippen LogP contribution >= 0.6 is 15.9 Å². The first-order valence-corrected chi connectivity index (χ1v) is 5.94. The molecule has 0 aromatic carbocycles. The van der Waals surface area contributed by atoms with E-state index in [1.165, 1.54) is 0 Å². The second-order valence-electron chi connectivity index (χ2n) is 4.13. The maximum atomic E-state index is 5.88. The Hall–Kier alpha value is -1.23. The first-order chi connectivity index (χ1) is 7.56. The monoisotopic (exact) mass is 283 g/mol. The maximum absolute atomic E-state index is 5.88. The fourth-order valence-corrected chi connectivity index (χ4v) is 1.80. The van der Waals surface area contributed by atoms with Crippen LogP contribution in [0.1, 0.15) is 13.8 Å². The summed E-state index contributed by atoms with van der Waals surface area (Å²) in [6.07, 6.45) is 0. The fraction of sp³-hybridized carbons (Fsp3) is 0.364. The highest BCUT2D eigenvalue weighted by molar-refractivity contribution is 9.10. The van der Waals surface area contributed by atoms with Gasteiger partial charge in [0.05, 0.1) is 0 Å². The molecular weight excluding hydrogens is 270 g/mol. The molecule has 0 aliphatic heterocycles. The molecule has 0 bridgehead atoms. The van der Waals surface area contributed by atoms with Crippen LogP contribution < -0.4 is 5.73 Å². The van der Waals surface area contributed by atoms with Gasteiger partial charge in [0.2, 0.25) is 0 Å². The number of halogens is 1. The molecule has 0 aliphatic carbocycles. The van der Waals surface area contributed by atoms with E-state index in [1.54, 1.807) is 4.68 Å². The summed E-state index contributed by atoms with van der Waals surface area (Å²) in [5, 5.41) is 4.41. The Morgan fingerprint density at radius 2 is 2.25 bits per heavy atom. The lowest BCUT2D eigenvalue weighted by atomic mass is 10.2. The van der Waals surface area contributed by atoms with Crippen molar-refractivity contribution >= 4 is 21.7 Å². The molecule has 0 atom stereocenters. The van der Waals surface area contributed by atoms with Crippen molar-refractivity contribution in [3.8, 4) is 11.5 Å². The molecule has 0 radical (unpaired) electrons. The third-order valence-corrected chi connectivity index (χ3v) is 2.60. The lowest BCUT2D eigenvalue weighted by Gasteiger charge is -2.05. The summed E-state index contributed by atoms with van der Waals surface area (Å²) in [5.74, 6) is 1.90. The van der Waals surface area contributed by atoms with Gasteiger partial charge in [-0.15, -0.1) is 0 Å². The molecule has 2 N–H and O–H groups in total. The second kappa shape index (κ2) is 4.33. The van der Waals surface area contributed by atoms with Gasteiger partial charge in [-0.2, -0.15) is 5.10 Å². The number of nitrogen functional groups attached to an aromatic ring is 1. The topological polar surface area (TPSA) is 57.0 Å². The highest BCUT2D eigenvalue weighted by Gasteiger charge is 2.11. The molecule has 0 spiro atoms. The van der Waals surface area contributed by atoms with Crippen LogP contribution in [0.4, 0.5) is 5.82 Å². The number of rotatable bonds is 3. The lowest BCUT2D eigenvalue weighted by Crippen LogP contribution is -2.09. The molecule has 0 saturated heterocycles.